The standard InChI is InChI=1S/C22H16O6S2/c23-18-11-3-5-13-21(18)29(24,25)22-14-6-4-12-19(22)28-30(26,27)20-15-7-9-16-8-1-2-10-17(16)20/h1-15,23H. The Morgan fingerprint density at radius 1 is 0.600 bits per heavy atom. The van der Waals surface area contributed by atoms with E-state index in [0.717, 1.165) is 0 Å². The first-order valence-corrected chi connectivity index (χ1v) is 11.7. The average molecular weight is 440 g/mol. The van der Waals surface area contributed by atoms with Crippen LogP contribution in [-0.4, -0.2) is 21.9 Å². The van der Waals surface area contributed by atoms with Gasteiger partial charge < -0.3 is 9.29 Å². The summed E-state index contributed by atoms with van der Waals surface area (Å²) < 4.78 is 57.5. The Morgan fingerprint density at radius 2 is 1.17 bits per heavy atom. The van der Waals surface area contributed by atoms with Gasteiger partial charge in [-0.15, -0.1) is 0 Å². The van der Waals surface area contributed by atoms with Gasteiger partial charge in [0.15, 0.2) is 5.75 Å². The van der Waals surface area contributed by atoms with Crippen molar-refractivity contribution >= 4 is 30.7 Å². The van der Waals surface area contributed by atoms with E-state index in [9.17, 15) is 21.9 Å². The summed E-state index contributed by atoms with van der Waals surface area (Å²) in [5.74, 6) is -0.794. The number of phenols is 1. The van der Waals surface area contributed by atoms with E-state index in [-0.39, 0.29) is 20.4 Å². The predicted molar refractivity (Wildman–Crippen MR) is 112 cm³/mol. The SMILES string of the molecule is O=S(=O)(Oc1ccccc1S(=O)(=O)c1ccccc1O)c1cccc2ccccc12. The van der Waals surface area contributed by atoms with Crippen LogP contribution in [0.4, 0.5) is 0 Å². The Kier molecular flexibility index (Phi) is 4.97. The van der Waals surface area contributed by atoms with Crippen LogP contribution in [0, 0.1) is 0 Å². The molecule has 0 aliphatic carbocycles. The highest BCUT2D eigenvalue weighted by atomic mass is 32.2. The number of hydrogen-bond acceptors (Lipinski definition) is 6. The van der Waals surface area contributed by atoms with Crippen molar-refractivity contribution in [3.8, 4) is 11.5 Å². The number of fused-ring (bicyclic) bond motifs is 1. The number of sulfone groups is 1. The van der Waals surface area contributed by atoms with E-state index >= 15 is 0 Å². The summed E-state index contributed by atoms with van der Waals surface area (Å²) in [6.45, 7) is 0. The van der Waals surface area contributed by atoms with Crippen molar-refractivity contribution in [2.24, 2.45) is 0 Å². The van der Waals surface area contributed by atoms with Crippen LogP contribution in [0.25, 0.3) is 10.8 Å². The van der Waals surface area contributed by atoms with Gasteiger partial charge in [0.1, 0.15) is 20.4 Å². The molecule has 0 aliphatic rings. The van der Waals surface area contributed by atoms with Crippen LogP contribution in [0.1, 0.15) is 0 Å². The molecule has 0 fully saturated rings. The molecular weight excluding hydrogens is 424 g/mol. The quantitative estimate of drug-likeness (QED) is 0.468. The van der Waals surface area contributed by atoms with E-state index in [4.69, 9.17) is 4.18 Å². The Morgan fingerprint density at radius 3 is 1.93 bits per heavy atom. The molecule has 0 saturated carbocycles. The van der Waals surface area contributed by atoms with Gasteiger partial charge in [-0.25, -0.2) is 8.42 Å². The van der Waals surface area contributed by atoms with Crippen molar-refractivity contribution in [3.05, 3.63) is 91.0 Å². The molecule has 0 aromatic heterocycles. The van der Waals surface area contributed by atoms with Crippen molar-refractivity contribution in [1.29, 1.82) is 0 Å². The lowest BCUT2D eigenvalue weighted by Gasteiger charge is -2.13. The topological polar surface area (TPSA) is 97.7 Å². The zero-order chi connectivity index (χ0) is 21.4. The third-order valence-corrected chi connectivity index (χ3v) is 7.65. The van der Waals surface area contributed by atoms with Crippen LogP contribution < -0.4 is 4.18 Å². The van der Waals surface area contributed by atoms with Gasteiger partial charge in [-0.1, -0.05) is 60.7 Å². The van der Waals surface area contributed by atoms with Crippen LogP contribution in [0.5, 0.6) is 11.5 Å². The molecule has 0 aliphatic heterocycles. The van der Waals surface area contributed by atoms with Crippen LogP contribution >= 0.6 is 0 Å². The maximum Gasteiger partial charge on any atom is 0.339 e. The van der Waals surface area contributed by atoms with E-state index in [2.05, 4.69) is 0 Å². The summed E-state index contributed by atoms with van der Waals surface area (Å²) >= 11 is 0. The predicted octanol–water partition coefficient (Wildman–Crippen LogP) is 4.15. The van der Waals surface area contributed by atoms with Crippen LogP contribution in [0.2, 0.25) is 0 Å². The summed E-state index contributed by atoms with van der Waals surface area (Å²) in [5, 5.41) is 11.2. The molecule has 0 spiro atoms. The average Bonchev–Trinajstić information content (AvgIpc) is 2.73. The third kappa shape index (κ3) is 3.51. The molecule has 4 aromatic rings. The van der Waals surface area contributed by atoms with Crippen LogP contribution in [0.3, 0.4) is 0 Å². The highest BCUT2D eigenvalue weighted by molar-refractivity contribution is 7.91. The summed E-state index contributed by atoms with van der Waals surface area (Å²) in [7, 11) is -8.58. The molecule has 0 amide bonds. The lowest BCUT2D eigenvalue weighted by molar-refractivity contribution is 0.458. The minimum atomic E-state index is -4.34. The highest BCUT2D eigenvalue weighted by Crippen LogP contribution is 2.35. The van der Waals surface area contributed by atoms with Gasteiger partial charge in [-0.05, 0) is 35.7 Å². The largest absolute Gasteiger partial charge is 0.507 e. The summed E-state index contributed by atoms with van der Waals surface area (Å²) in [4.78, 5) is -0.783. The molecule has 1 N–H and O–H groups in total. The van der Waals surface area contributed by atoms with Gasteiger partial charge in [0.25, 0.3) is 0 Å². The first-order valence-electron chi connectivity index (χ1n) is 8.85. The molecule has 6 nitrogen and oxygen atoms in total. The zero-order valence-corrected chi connectivity index (χ0v) is 17.1. The van der Waals surface area contributed by atoms with Gasteiger partial charge in [0.05, 0.1) is 0 Å². The molecule has 152 valence electrons. The van der Waals surface area contributed by atoms with Gasteiger partial charge in [-0.3, -0.25) is 0 Å². The maximum absolute atomic E-state index is 13.1. The molecule has 0 atom stereocenters. The Bertz CT molecular complexity index is 1450. The Balaban J connectivity index is 1.83. The molecule has 0 unspecified atom stereocenters. The molecule has 0 bridgehead atoms. The fourth-order valence-corrected chi connectivity index (χ4v) is 5.82. The molecule has 4 rings (SSSR count). The molecule has 8 heteroatoms. The number of benzene rings is 4. The van der Waals surface area contributed by atoms with Crippen LogP contribution in [0.15, 0.2) is 106 Å². The summed E-state index contributed by atoms with van der Waals surface area (Å²) in [6.07, 6.45) is 0. The molecule has 4 aromatic carbocycles. The minimum absolute atomic E-state index is 0.0737. The normalized spacial score (nSPS) is 12.0. The summed E-state index contributed by atoms with van der Waals surface area (Å²) in [6, 6.07) is 22.5. The molecular formula is C22H16O6S2. The van der Waals surface area contributed by atoms with Crippen molar-refractivity contribution in [2.75, 3.05) is 0 Å². The van der Waals surface area contributed by atoms with Crippen molar-refractivity contribution in [2.45, 2.75) is 14.7 Å². The van der Waals surface area contributed by atoms with Gasteiger partial charge in [-0.2, -0.15) is 8.42 Å². The van der Waals surface area contributed by atoms with Crippen molar-refractivity contribution in [1.82, 2.24) is 0 Å². The lowest BCUT2D eigenvalue weighted by Crippen LogP contribution is -2.13. The smallest absolute Gasteiger partial charge is 0.339 e. The van der Waals surface area contributed by atoms with E-state index in [0.29, 0.717) is 10.8 Å². The third-order valence-electron chi connectivity index (χ3n) is 4.51. The second-order valence-corrected chi connectivity index (χ2v) is 9.83. The fourth-order valence-electron chi connectivity index (χ4n) is 3.12. The number of para-hydroxylation sites is 2. The number of hydrogen-bond donors (Lipinski definition) is 1. The van der Waals surface area contributed by atoms with E-state index in [1.807, 2.05) is 0 Å². The molecule has 0 heterocycles. The monoisotopic (exact) mass is 440 g/mol. The number of rotatable bonds is 5. The van der Waals surface area contributed by atoms with Gasteiger partial charge >= 0.3 is 10.1 Å². The highest BCUT2D eigenvalue weighted by Gasteiger charge is 2.28. The second-order valence-electron chi connectivity index (χ2n) is 6.43. The van der Waals surface area contributed by atoms with E-state index in [1.165, 1.54) is 54.6 Å². The Hall–Kier alpha value is -3.36. The Labute approximate surface area is 174 Å². The first kappa shape index (κ1) is 19.9. The van der Waals surface area contributed by atoms with Gasteiger partial charge in [0.2, 0.25) is 9.84 Å². The minimum Gasteiger partial charge on any atom is -0.507 e. The molecule has 0 saturated heterocycles. The van der Waals surface area contributed by atoms with E-state index in [1.54, 1.807) is 36.4 Å². The first-order chi connectivity index (χ1) is 14.3. The van der Waals surface area contributed by atoms with E-state index < -0.39 is 25.7 Å². The zero-order valence-electron chi connectivity index (χ0n) is 15.5. The van der Waals surface area contributed by atoms with Crippen molar-refractivity contribution < 1.29 is 26.1 Å². The lowest BCUT2D eigenvalue weighted by atomic mass is 10.1. The number of phenolic OH excluding ortho intramolecular Hbond substituents is 1. The maximum atomic E-state index is 13.1. The second kappa shape index (κ2) is 7.47. The summed E-state index contributed by atoms with van der Waals surface area (Å²) in [5.41, 5.74) is 0. The number of aromatic hydroxyl groups is 1. The van der Waals surface area contributed by atoms with Crippen molar-refractivity contribution in [3.63, 3.8) is 0 Å². The van der Waals surface area contributed by atoms with Gasteiger partial charge in [0, 0.05) is 5.39 Å². The molecule has 30 heavy (non-hydrogen) atoms. The molecule has 0 radical (unpaired) electrons. The fraction of sp³-hybridized carbons (Fsp3) is 0. The van der Waals surface area contributed by atoms with Crippen LogP contribution in [-0.2, 0) is 20.0 Å².